The number of primary amides is 2. The van der Waals surface area contributed by atoms with Crippen molar-refractivity contribution in [2.45, 2.75) is 169 Å². The second kappa shape index (κ2) is 32.3. The first-order valence-corrected chi connectivity index (χ1v) is 16.7. The number of nitrogens with one attached hydrogen (secondary N) is 1. The van der Waals surface area contributed by atoms with Gasteiger partial charge in [-0.15, -0.1) is 0 Å². The molecule has 0 aromatic rings. The highest BCUT2D eigenvalue weighted by Crippen LogP contribution is 2.12. The number of hydrogen-bond acceptors (Lipinski definition) is 5. The summed E-state index contributed by atoms with van der Waals surface area (Å²) in [5.41, 5.74) is 10.3. The largest absolute Gasteiger partial charge is 0.481 e. The van der Waals surface area contributed by atoms with Crippen LogP contribution in [0.2, 0.25) is 0 Å². The van der Waals surface area contributed by atoms with E-state index in [1.807, 2.05) is 13.8 Å². The van der Waals surface area contributed by atoms with Crippen LogP contribution in [0.3, 0.4) is 0 Å². The van der Waals surface area contributed by atoms with Gasteiger partial charge in [0.2, 0.25) is 17.7 Å². The number of carbonyl (C=O) groups excluding carboxylic acids is 3. The molecule has 0 aliphatic carbocycles. The zero-order chi connectivity index (χ0) is 33.5. The molecule has 0 aromatic carbocycles. The van der Waals surface area contributed by atoms with Gasteiger partial charge in [-0.05, 0) is 38.5 Å². The quantitative estimate of drug-likeness (QED) is 0.0704. The fourth-order valence-electron chi connectivity index (χ4n) is 4.38. The molecule has 3 amide bonds. The summed E-state index contributed by atoms with van der Waals surface area (Å²) >= 11 is 0. The lowest BCUT2D eigenvalue weighted by Crippen LogP contribution is -2.41. The average molecular weight is 616 g/mol. The molecular weight excluding hydrogens is 550 g/mol. The van der Waals surface area contributed by atoms with Crippen molar-refractivity contribution in [1.82, 2.24) is 5.32 Å². The van der Waals surface area contributed by atoms with E-state index >= 15 is 0 Å². The Morgan fingerprint density at radius 1 is 0.558 bits per heavy atom. The summed E-state index contributed by atoms with van der Waals surface area (Å²) < 4.78 is 0. The number of nitrogens with two attached hydrogens (primary N) is 2. The Bertz CT molecular complexity index is 705. The fourth-order valence-corrected chi connectivity index (χ4v) is 4.38. The number of hydrogen-bond donors (Lipinski definition) is 5. The molecule has 7 N–H and O–H groups in total. The van der Waals surface area contributed by atoms with Crippen molar-refractivity contribution >= 4 is 29.7 Å². The Hall–Kier alpha value is -2.65. The van der Waals surface area contributed by atoms with Gasteiger partial charge in [0.25, 0.3) is 0 Å². The van der Waals surface area contributed by atoms with Crippen LogP contribution in [-0.2, 0) is 24.0 Å². The van der Waals surface area contributed by atoms with E-state index in [0.29, 0.717) is 6.42 Å². The summed E-state index contributed by atoms with van der Waals surface area (Å²) in [4.78, 5) is 54.4. The van der Waals surface area contributed by atoms with Gasteiger partial charge in [-0.3, -0.25) is 19.2 Å². The molecule has 10 nitrogen and oxygen atoms in total. The van der Waals surface area contributed by atoms with Crippen LogP contribution in [0.25, 0.3) is 0 Å². The number of carbonyl (C=O) groups is 5. The molecule has 0 aliphatic rings. The van der Waals surface area contributed by atoms with E-state index in [0.717, 1.165) is 70.6 Å². The van der Waals surface area contributed by atoms with E-state index in [-0.39, 0.29) is 42.4 Å². The normalized spacial score (nSPS) is 12.4. The minimum Gasteiger partial charge on any atom is -0.481 e. The van der Waals surface area contributed by atoms with Crippen LogP contribution < -0.4 is 16.8 Å². The Labute approximate surface area is 261 Å². The van der Waals surface area contributed by atoms with Gasteiger partial charge in [0.15, 0.2) is 0 Å². The molecule has 3 atom stereocenters. The minimum atomic E-state index is -1.19. The Balaban J connectivity index is -0.000000658. The molecule has 0 aromatic heterocycles. The summed E-state index contributed by atoms with van der Waals surface area (Å²) in [7, 11) is 0. The van der Waals surface area contributed by atoms with E-state index in [1.165, 1.54) is 38.5 Å². The molecule has 0 aliphatic heterocycles. The maximum Gasteiger partial charge on any atom is 0.326 e. The molecule has 0 radical (unpaired) electrons. The molecule has 0 fully saturated rings. The zero-order valence-electron chi connectivity index (χ0n) is 28.0. The Kier molecular flexibility index (Phi) is 33.6. The maximum absolute atomic E-state index is 11.7. The van der Waals surface area contributed by atoms with Crippen molar-refractivity contribution < 1.29 is 34.2 Å². The smallest absolute Gasteiger partial charge is 0.326 e. The summed E-state index contributed by atoms with van der Waals surface area (Å²) in [6.45, 7) is 10.4. The lowest BCUT2D eigenvalue weighted by Gasteiger charge is -2.13. The van der Waals surface area contributed by atoms with Crippen molar-refractivity contribution in [1.29, 1.82) is 0 Å². The summed E-state index contributed by atoms with van der Waals surface area (Å²) in [5.74, 6) is -2.63. The van der Waals surface area contributed by atoms with E-state index in [2.05, 4.69) is 26.1 Å². The average Bonchev–Trinajstić information content (AvgIpc) is 2.95. The van der Waals surface area contributed by atoms with E-state index < -0.39 is 18.0 Å². The first kappa shape index (κ1) is 44.8. The van der Waals surface area contributed by atoms with E-state index in [1.54, 1.807) is 0 Å². The second-order valence-electron chi connectivity index (χ2n) is 11.3. The lowest BCUT2D eigenvalue weighted by molar-refractivity contribution is -0.143. The molecule has 0 rings (SSSR count). The van der Waals surface area contributed by atoms with Crippen LogP contribution in [0.1, 0.15) is 163 Å². The Morgan fingerprint density at radius 3 is 1.28 bits per heavy atom. The first-order chi connectivity index (χ1) is 20.4. The summed E-state index contributed by atoms with van der Waals surface area (Å²) in [6, 6.07) is -1.11. The van der Waals surface area contributed by atoms with Crippen LogP contribution >= 0.6 is 0 Å². The first-order valence-electron chi connectivity index (χ1n) is 16.7. The van der Waals surface area contributed by atoms with Gasteiger partial charge in [-0.2, -0.15) is 0 Å². The molecule has 0 spiro atoms. The van der Waals surface area contributed by atoms with Gasteiger partial charge < -0.3 is 27.0 Å². The predicted octanol–water partition coefficient (Wildman–Crippen LogP) is 6.72. The maximum atomic E-state index is 11.7. The molecule has 0 saturated carbocycles. The minimum absolute atomic E-state index is 0.0891. The van der Waals surface area contributed by atoms with Gasteiger partial charge in [-0.1, -0.05) is 112 Å². The van der Waals surface area contributed by atoms with Crippen LogP contribution in [0.4, 0.5) is 0 Å². The number of rotatable bonds is 25. The highest BCUT2D eigenvalue weighted by atomic mass is 16.4. The molecule has 0 bridgehead atoms. The third kappa shape index (κ3) is 32.1. The molecule has 0 heterocycles. The molecule has 0 saturated heterocycles. The lowest BCUT2D eigenvalue weighted by atomic mass is 9.99. The predicted molar refractivity (Wildman–Crippen MR) is 173 cm³/mol. The van der Waals surface area contributed by atoms with Gasteiger partial charge >= 0.3 is 11.9 Å². The van der Waals surface area contributed by atoms with Crippen molar-refractivity contribution in [3.63, 3.8) is 0 Å². The van der Waals surface area contributed by atoms with Gasteiger partial charge in [-0.25, -0.2) is 4.79 Å². The monoisotopic (exact) mass is 615 g/mol. The highest BCUT2D eigenvalue weighted by molar-refractivity contribution is 5.83. The molecule has 2 unspecified atom stereocenters. The van der Waals surface area contributed by atoms with Crippen molar-refractivity contribution in [3.05, 3.63) is 0 Å². The van der Waals surface area contributed by atoms with Crippen LogP contribution in [0, 0.1) is 11.8 Å². The van der Waals surface area contributed by atoms with E-state index in [9.17, 15) is 24.0 Å². The molecule has 254 valence electrons. The zero-order valence-corrected chi connectivity index (χ0v) is 28.0. The standard InChI is InChI=1S/C17H31NO5.2C8H17NO/c1-2-3-4-5-6-7-8-9-10-11-15(19)18-14(17(22)23)12-13-16(20)21;2*1-3-5-6-7(4-2)8(9)10/h14H,2-13H2,1H3,(H,18,19)(H,20,21)(H,22,23);2*7H,3-6H2,1-2H3,(H2,9,10)/t14-;;/m0../s1. The summed E-state index contributed by atoms with van der Waals surface area (Å²) in [5, 5.41) is 19.9. The third-order valence-electron chi connectivity index (χ3n) is 7.39. The summed E-state index contributed by atoms with van der Waals surface area (Å²) in [6.07, 6.45) is 18.5. The van der Waals surface area contributed by atoms with Gasteiger partial charge in [0.05, 0.1) is 0 Å². The number of carboxylic acid groups (broad SMARTS) is 2. The number of unbranched alkanes of at least 4 members (excludes halogenated alkanes) is 10. The van der Waals surface area contributed by atoms with Crippen LogP contribution in [0.5, 0.6) is 0 Å². The SMILES string of the molecule is CCCCC(CC)C(N)=O.CCCCC(CC)C(N)=O.CCCCCCCCCCCC(=O)N[C@@H](CCC(=O)O)C(=O)O. The van der Waals surface area contributed by atoms with Crippen molar-refractivity contribution in [2.75, 3.05) is 0 Å². The van der Waals surface area contributed by atoms with Gasteiger partial charge in [0.1, 0.15) is 6.04 Å². The number of aliphatic carboxylic acids is 2. The number of carboxylic acids is 2. The second-order valence-corrected chi connectivity index (χ2v) is 11.3. The number of amides is 3. The van der Waals surface area contributed by atoms with Crippen LogP contribution in [-0.4, -0.2) is 45.9 Å². The fraction of sp³-hybridized carbons (Fsp3) is 0.848. The van der Waals surface area contributed by atoms with Gasteiger partial charge in [0, 0.05) is 24.7 Å². The van der Waals surface area contributed by atoms with Crippen LogP contribution in [0.15, 0.2) is 0 Å². The highest BCUT2D eigenvalue weighted by Gasteiger charge is 2.20. The molecule has 43 heavy (non-hydrogen) atoms. The third-order valence-corrected chi connectivity index (χ3v) is 7.39. The molecule has 10 heteroatoms. The van der Waals surface area contributed by atoms with E-state index in [4.69, 9.17) is 21.7 Å². The Morgan fingerprint density at radius 2 is 0.953 bits per heavy atom. The van der Waals surface area contributed by atoms with Crippen molar-refractivity contribution in [3.8, 4) is 0 Å². The topological polar surface area (TPSA) is 190 Å². The molecular formula is C33H65N3O7. The van der Waals surface area contributed by atoms with Crippen molar-refractivity contribution in [2.24, 2.45) is 23.3 Å².